The van der Waals surface area contributed by atoms with Crippen molar-refractivity contribution in [3.05, 3.63) is 65.7 Å². The summed E-state index contributed by atoms with van der Waals surface area (Å²) in [7, 11) is -3.36. The third kappa shape index (κ3) is 3.65. The van der Waals surface area contributed by atoms with Crippen molar-refractivity contribution < 1.29 is 8.42 Å². The third-order valence-corrected chi connectivity index (χ3v) is 6.71. The van der Waals surface area contributed by atoms with Crippen molar-refractivity contribution in [3.63, 3.8) is 0 Å². The number of aryl methyl sites for hydroxylation is 1. The topological polar surface area (TPSA) is 37.4 Å². The van der Waals surface area contributed by atoms with E-state index in [-0.39, 0.29) is 0 Å². The average molecular weight is 329 g/mol. The number of piperidine rings is 1. The van der Waals surface area contributed by atoms with E-state index in [9.17, 15) is 8.42 Å². The number of hydrogen-bond donors (Lipinski definition) is 0. The highest BCUT2D eigenvalue weighted by Crippen LogP contribution is 2.27. The molecule has 1 aliphatic rings. The lowest BCUT2D eigenvalue weighted by Crippen LogP contribution is -2.39. The minimum absolute atomic E-state index is 0.446. The molecule has 0 aliphatic carbocycles. The largest absolute Gasteiger partial charge is 0.243 e. The zero-order chi connectivity index (χ0) is 16.3. The first-order valence-corrected chi connectivity index (χ1v) is 9.61. The van der Waals surface area contributed by atoms with Crippen LogP contribution in [0.3, 0.4) is 0 Å². The maximum atomic E-state index is 12.8. The van der Waals surface area contributed by atoms with Gasteiger partial charge in [0.15, 0.2) is 0 Å². The van der Waals surface area contributed by atoms with E-state index in [1.807, 2.05) is 25.1 Å². The van der Waals surface area contributed by atoms with E-state index in [1.165, 1.54) is 5.56 Å². The van der Waals surface area contributed by atoms with Gasteiger partial charge in [-0.3, -0.25) is 0 Å². The Kier molecular flexibility index (Phi) is 4.83. The predicted molar refractivity (Wildman–Crippen MR) is 92.8 cm³/mol. The molecule has 0 aromatic heterocycles. The molecule has 1 saturated heterocycles. The summed E-state index contributed by atoms with van der Waals surface area (Å²) in [6.07, 6.45) is 2.90. The first-order valence-electron chi connectivity index (χ1n) is 8.17. The zero-order valence-electron chi connectivity index (χ0n) is 13.5. The molecule has 0 unspecified atom stereocenters. The molecule has 0 N–H and O–H groups in total. The summed E-state index contributed by atoms with van der Waals surface area (Å²) in [5.74, 6) is 0.570. The van der Waals surface area contributed by atoms with Gasteiger partial charge in [-0.15, -0.1) is 0 Å². The van der Waals surface area contributed by atoms with Crippen LogP contribution in [-0.4, -0.2) is 25.8 Å². The lowest BCUT2D eigenvalue weighted by molar-refractivity contribution is 0.273. The smallest absolute Gasteiger partial charge is 0.207 e. The molecule has 0 bridgehead atoms. The van der Waals surface area contributed by atoms with Crippen molar-refractivity contribution >= 4 is 10.0 Å². The van der Waals surface area contributed by atoms with Crippen LogP contribution in [-0.2, 0) is 16.4 Å². The van der Waals surface area contributed by atoms with Crippen LogP contribution in [0.4, 0.5) is 0 Å². The van der Waals surface area contributed by atoms with Crippen molar-refractivity contribution in [2.24, 2.45) is 5.92 Å². The number of nitrogens with zero attached hydrogens (tertiary/aromatic N) is 1. The summed E-state index contributed by atoms with van der Waals surface area (Å²) in [6, 6.07) is 17.7. The molecule has 2 aromatic rings. The summed E-state index contributed by atoms with van der Waals surface area (Å²) in [4.78, 5) is 0.446. The standard InChI is InChI=1S/C19H23NO2S/c1-16-7-5-6-10-19(16)23(21,22)20-13-11-18(12-14-20)15-17-8-3-2-4-9-17/h2-10,18H,11-15H2,1H3. The molecule has 1 aliphatic heterocycles. The van der Waals surface area contributed by atoms with Gasteiger partial charge >= 0.3 is 0 Å². The van der Waals surface area contributed by atoms with E-state index in [2.05, 4.69) is 24.3 Å². The summed E-state index contributed by atoms with van der Waals surface area (Å²) in [6.45, 7) is 3.09. The Morgan fingerprint density at radius 1 is 0.957 bits per heavy atom. The van der Waals surface area contributed by atoms with E-state index >= 15 is 0 Å². The molecule has 122 valence electrons. The molecule has 0 spiro atoms. The second kappa shape index (κ2) is 6.85. The lowest BCUT2D eigenvalue weighted by Gasteiger charge is -2.31. The normalized spacial score (nSPS) is 17.3. The van der Waals surface area contributed by atoms with Gasteiger partial charge < -0.3 is 0 Å². The SMILES string of the molecule is Cc1ccccc1S(=O)(=O)N1CCC(Cc2ccccc2)CC1. The monoisotopic (exact) mass is 329 g/mol. The Labute approximate surface area is 139 Å². The van der Waals surface area contributed by atoms with Crippen molar-refractivity contribution in [1.82, 2.24) is 4.31 Å². The average Bonchev–Trinajstić information content (AvgIpc) is 2.56. The fraction of sp³-hybridized carbons (Fsp3) is 0.368. The van der Waals surface area contributed by atoms with Crippen molar-refractivity contribution in [1.29, 1.82) is 0 Å². The van der Waals surface area contributed by atoms with Crippen LogP contribution in [0.1, 0.15) is 24.0 Å². The summed E-state index contributed by atoms with van der Waals surface area (Å²) in [5, 5.41) is 0. The van der Waals surface area contributed by atoms with E-state index < -0.39 is 10.0 Å². The Balaban J connectivity index is 1.66. The minimum atomic E-state index is -3.36. The predicted octanol–water partition coefficient (Wildman–Crippen LogP) is 3.64. The molecule has 2 aromatic carbocycles. The molecule has 1 fully saturated rings. The molecular formula is C19H23NO2S. The maximum absolute atomic E-state index is 12.8. The summed E-state index contributed by atoms with van der Waals surface area (Å²) in [5.41, 5.74) is 2.16. The highest BCUT2D eigenvalue weighted by molar-refractivity contribution is 7.89. The molecule has 3 rings (SSSR count). The van der Waals surface area contributed by atoms with Gasteiger partial charge in [0, 0.05) is 13.1 Å². The number of hydrogen-bond acceptors (Lipinski definition) is 2. The van der Waals surface area contributed by atoms with Gasteiger partial charge in [0.1, 0.15) is 0 Å². The number of rotatable bonds is 4. The first kappa shape index (κ1) is 16.2. The summed E-state index contributed by atoms with van der Waals surface area (Å²) >= 11 is 0. The molecule has 4 heteroatoms. The van der Waals surface area contributed by atoms with E-state index in [0.29, 0.717) is 23.9 Å². The van der Waals surface area contributed by atoms with Gasteiger partial charge in [0.2, 0.25) is 10.0 Å². The van der Waals surface area contributed by atoms with Gasteiger partial charge in [-0.05, 0) is 49.3 Å². The lowest BCUT2D eigenvalue weighted by atomic mass is 9.91. The second-order valence-corrected chi connectivity index (χ2v) is 8.21. The molecule has 23 heavy (non-hydrogen) atoms. The van der Waals surface area contributed by atoms with Crippen LogP contribution in [0.2, 0.25) is 0 Å². The Morgan fingerprint density at radius 3 is 2.22 bits per heavy atom. The highest BCUT2D eigenvalue weighted by atomic mass is 32.2. The first-order chi connectivity index (χ1) is 11.1. The van der Waals surface area contributed by atoms with Gasteiger partial charge in [0.05, 0.1) is 4.90 Å². The Morgan fingerprint density at radius 2 is 1.57 bits per heavy atom. The van der Waals surface area contributed by atoms with Crippen LogP contribution in [0, 0.1) is 12.8 Å². The molecule has 1 heterocycles. The fourth-order valence-electron chi connectivity index (χ4n) is 3.29. The molecule has 0 atom stereocenters. The van der Waals surface area contributed by atoms with E-state index in [1.54, 1.807) is 16.4 Å². The molecule has 0 radical (unpaired) electrons. The van der Waals surface area contributed by atoms with Crippen LogP contribution in [0.15, 0.2) is 59.5 Å². The van der Waals surface area contributed by atoms with Gasteiger partial charge in [0.25, 0.3) is 0 Å². The van der Waals surface area contributed by atoms with Crippen molar-refractivity contribution in [3.8, 4) is 0 Å². The fourth-order valence-corrected chi connectivity index (χ4v) is 4.98. The molecule has 3 nitrogen and oxygen atoms in total. The Hall–Kier alpha value is -1.65. The highest BCUT2D eigenvalue weighted by Gasteiger charge is 2.30. The van der Waals surface area contributed by atoms with E-state index in [4.69, 9.17) is 0 Å². The quantitative estimate of drug-likeness (QED) is 0.859. The Bertz CT molecular complexity index is 748. The van der Waals surface area contributed by atoms with Crippen LogP contribution in [0.25, 0.3) is 0 Å². The molecule has 0 amide bonds. The van der Waals surface area contributed by atoms with Gasteiger partial charge in [-0.25, -0.2) is 8.42 Å². The van der Waals surface area contributed by atoms with Gasteiger partial charge in [-0.1, -0.05) is 48.5 Å². The van der Waals surface area contributed by atoms with Crippen molar-refractivity contribution in [2.75, 3.05) is 13.1 Å². The third-order valence-electron chi connectivity index (χ3n) is 4.65. The molecular weight excluding hydrogens is 306 g/mol. The van der Waals surface area contributed by atoms with Gasteiger partial charge in [-0.2, -0.15) is 4.31 Å². The number of sulfonamides is 1. The minimum Gasteiger partial charge on any atom is -0.207 e. The second-order valence-electron chi connectivity index (χ2n) is 6.30. The maximum Gasteiger partial charge on any atom is 0.243 e. The molecule has 0 saturated carbocycles. The van der Waals surface area contributed by atoms with Crippen LogP contribution < -0.4 is 0 Å². The zero-order valence-corrected chi connectivity index (χ0v) is 14.3. The van der Waals surface area contributed by atoms with Crippen molar-refractivity contribution in [2.45, 2.75) is 31.1 Å². The van der Waals surface area contributed by atoms with E-state index in [0.717, 1.165) is 24.8 Å². The summed E-state index contributed by atoms with van der Waals surface area (Å²) < 4.78 is 27.2. The number of benzene rings is 2. The van der Waals surface area contributed by atoms with Crippen LogP contribution in [0.5, 0.6) is 0 Å². The van der Waals surface area contributed by atoms with Crippen LogP contribution >= 0.6 is 0 Å².